The molecule has 0 saturated heterocycles. The third kappa shape index (κ3) is 6.63. The number of sulfonamides is 1. The summed E-state index contributed by atoms with van der Waals surface area (Å²) in [5.74, 6) is 1.19. The van der Waals surface area contributed by atoms with Crippen molar-refractivity contribution in [3.8, 4) is 11.5 Å². The van der Waals surface area contributed by atoms with Gasteiger partial charge in [0.15, 0.2) is 5.75 Å². The van der Waals surface area contributed by atoms with Crippen molar-refractivity contribution in [2.75, 3.05) is 16.6 Å². The highest BCUT2D eigenvalue weighted by molar-refractivity contribution is 7.92. The van der Waals surface area contributed by atoms with E-state index in [0.717, 1.165) is 0 Å². The van der Waals surface area contributed by atoms with Gasteiger partial charge in [0.05, 0.1) is 10.6 Å². The van der Waals surface area contributed by atoms with Gasteiger partial charge in [-0.3, -0.25) is 4.72 Å². The zero-order valence-electron chi connectivity index (χ0n) is 17.6. The summed E-state index contributed by atoms with van der Waals surface area (Å²) in [7, 11) is -3.93. The van der Waals surface area contributed by atoms with E-state index >= 15 is 0 Å². The summed E-state index contributed by atoms with van der Waals surface area (Å²) in [4.78, 5) is 11.9. The number of para-hydroxylation sites is 1. The Morgan fingerprint density at radius 3 is 2.34 bits per heavy atom. The highest BCUT2D eigenvalue weighted by atomic mass is 35.5. The van der Waals surface area contributed by atoms with Gasteiger partial charge in [0, 0.05) is 17.3 Å². The number of nitrogens with one attached hydrogen (secondary N) is 3. The number of rotatable bonds is 8. The summed E-state index contributed by atoms with van der Waals surface area (Å²) in [6.07, 6.45) is 0. The molecule has 0 aliphatic heterocycles. The fraction of sp³-hybridized carbons (Fsp3) is 0.174. The van der Waals surface area contributed by atoms with E-state index < -0.39 is 10.0 Å². The Bertz CT molecular complexity index is 1170. The fourth-order valence-corrected chi connectivity index (χ4v) is 3.91. The summed E-state index contributed by atoms with van der Waals surface area (Å²) in [5, 5.41) is 5.76. The van der Waals surface area contributed by atoms with Crippen LogP contribution in [-0.4, -0.2) is 21.0 Å². The van der Waals surface area contributed by atoms with Crippen LogP contribution in [0.5, 0.6) is 11.5 Å². The van der Waals surface area contributed by atoms with Crippen molar-refractivity contribution < 1.29 is 17.9 Å². The van der Waals surface area contributed by atoms with Crippen LogP contribution in [0.3, 0.4) is 0 Å². The summed E-state index contributed by atoms with van der Waals surface area (Å²) in [6, 6.07) is 19.2. The highest BCUT2D eigenvalue weighted by Crippen LogP contribution is 2.33. The molecule has 0 spiro atoms. The summed E-state index contributed by atoms with van der Waals surface area (Å²) in [5.41, 5.74) is 0.678. The second-order valence-electron chi connectivity index (χ2n) is 7.41. The van der Waals surface area contributed by atoms with Crippen LogP contribution < -0.4 is 20.1 Å². The zero-order valence-corrected chi connectivity index (χ0v) is 19.2. The standard InChI is InChI=1S/C23H24ClN3O4S/c1-16(2)15-25-23(28)26-18-9-11-20(12-10-18)32(29,30)27-21-14-17(24)8-13-22(21)31-19-6-4-3-5-7-19/h3-14,16,27H,15H2,1-2H3,(H2,25,26,28). The average Bonchev–Trinajstić information content (AvgIpc) is 2.75. The first kappa shape index (κ1) is 23.4. The van der Waals surface area contributed by atoms with E-state index in [1.165, 1.54) is 30.3 Å². The number of carbonyl (C=O) groups is 1. The molecule has 9 heteroatoms. The Morgan fingerprint density at radius 2 is 1.69 bits per heavy atom. The minimum absolute atomic E-state index is 0.0243. The SMILES string of the molecule is CC(C)CNC(=O)Nc1ccc(S(=O)(=O)Nc2cc(Cl)ccc2Oc2ccccc2)cc1. The second-order valence-corrected chi connectivity index (χ2v) is 9.53. The lowest BCUT2D eigenvalue weighted by Gasteiger charge is -2.14. The summed E-state index contributed by atoms with van der Waals surface area (Å²) < 4.78 is 34.2. The maximum atomic E-state index is 12.9. The minimum atomic E-state index is -3.93. The molecule has 0 saturated carbocycles. The lowest BCUT2D eigenvalue weighted by molar-refractivity contribution is 0.251. The van der Waals surface area contributed by atoms with Crippen molar-refractivity contribution in [1.29, 1.82) is 0 Å². The van der Waals surface area contributed by atoms with Gasteiger partial charge in [0.1, 0.15) is 5.75 Å². The zero-order chi connectivity index (χ0) is 23.1. The number of anilines is 2. The van der Waals surface area contributed by atoms with Gasteiger partial charge in [-0.05, 0) is 60.5 Å². The molecule has 2 amide bonds. The van der Waals surface area contributed by atoms with E-state index in [9.17, 15) is 13.2 Å². The number of carbonyl (C=O) groups excluding carboxylic acids is 1. The fourth-order valence-electron chi connectivity index (χ4n) is 2.68. The topological polar surface area (TPSA) is 96.5 Å². The normalized spacial score (nSPS) is 11.1. The van der Waals surface area contributed by atoms with Crippen molar-refractivity contribution in [2.45, 2.75) is 18.7 Å². The van der Waals surface area contributed by atoms with Crippen LogP contribution in [0.4, 0.5) is 16.2 Å². The van der Waals surface area contributed by atoms with Crippen LogP contribution in [-0.2, 0) is 10.0 Å². The van der Waals surface area contributed by atoms with Gasteiger partial charge in [0.2, 0.25) is 0 Å². The van der Waals surface area contributed by atoms with Crippen molar-refractivity contribution in [3.05, 3.63) is 77.8 Å². The van der Waals surface area contributed by atoms with Gasteiger partial charge < -0.3 is 15.4 Å². The predicted molar refractivity (Wildman–Crippen MR) is 127 cm³/mol. The molecule has 3 rings (SSSR count). The smallest absolute Gasteiger partial charge is 0.319 e. The van der Waals surface area contributed by atoms with Crippen molar-refractivity contribution in [2.24, 2.45) is 5.92 Å². The third-order valence-electron chi connectivity index (χ3n) is 4.25. The molecule has 0 aliphatic carbocycles. The van der Waals surface area contributed by atoms with Crippen molar-refractivity contribution in [3.63, 3.8) is 0 Å². The summed E-state index contributed by atoms with van der Waals surface area (Å²) >= 11 is 6.07. The molecule has 32 heavy (non-hydrogen) atoms. The van der Waals surface area contributed by atoms with E-state index in [1.807, 2.05) is 32.0 Å². The lowest BCUT2D eigenvalue weighted by Crippen LogP contribution is -2.31. The Labute approximate surface area is 192 Å². The molecular weight excluding hydrogens is 450 g/mol. The van der Waals surface area contributed by atoms with Gasteiger partial charge in [0.25, 0.3) is 10.0 Å². The van der Waals surface area contributed by atoms with Crippen molar-refractivity contribution >= 4 is 39.0 Å². The van der Waals surface area contributed by atoms with Gasteiger partial charge >= 0.3 is 6.03 Å². The number of ether oxygens (including phenoxy) is 1. The highest BCUT2D eigenvalue weighted by Gasteiger charge is 2.18. The largest absolute Gasteiger partial charge is 0.455 e. The van der Waals surface area contributed by atoms with Crippen LogP contribution in [0.25, 0.3) is 0 Å². The number of halogens is 1. The summed E-state index contributed by atoms with van der Waals surface area (Å²) in [6.45, 7) is 4.52. The van der Waals surface area contributed by atoms with Gasteiger partial charge in [-0.2, -0.15) is 0 Å². The van der Waals surface area contributed by atoms with Gasteiger partial charge in [-0.15, -0.1) is 0 Å². The quantitative estimate of drug-likeness (QED) is 0.390. The van der Waals surface area contributed by atoms with Crippen LogP contribution in [0.1, 0.15) is 13.8 Å². The Balaban J connectivity index is 1.75. The molecule has 0 atom stereocenters. The molecule has 0 aliphatic rings. The number of benzene rings is 3. The number of amides is 2. The molecule has 168 valence electrons. The first-order valence-corrected chi connectivity index (χ1v) is 11.8. The Kier molecular flexibility index (Phi) is 7.61. The van der Waals surface area contributed by atoms with E-state index in [1.54, 1.807) is 24.3 Å². The van der Waals surface area contributed by atoms with E-state index in [-0.39, 0.29) is 16.6 Å². The van der Waals surface area contributed by atoms with E-state index in [4.69, 9.17) is 16.3 Å². The van der Waals surface area contributed by atoms with E-state index in [2.05, 4.69) is 15.4 Å². The second kappa shape index (κ2) is 10.4. The monoisotopic (exact) mass is 473 g/mol. The molecule has 3 aromatic rings. The van der Waals surface area contributed by atoms with Gasteiger partial charge in [-0.25, -0.2) is 13.2 Å². The molecule has 3 N–H and O–H groups in total. The average molecular weight is 474 g/mol. The molecule has 0 unspecified atom stereocenters. The maximum absolute atomic E-state index is 12.9. The van der Waals surface area contributed by atoms with Gasteiger partial charge in [-0.1, -0.05) is 43.6 Å². The van der Waals surface area contributed by atoms with E-state index in [0.29, 0.717) is 34.7 Å². The molecule has 7 nitrogen and oxygen atoms in total. The predicted octanol–water partition coefficient (Wildman–Crippen LogP) is 5.71. The molecular formula is C23H24ClN3O4S. The Hall–Kier alpha value is -3.23. The lowest BCUT2D eigenvalue weighted by atomic mass is 10.2. The number of hydrogen-bond donors (Lipinski definition) is 3. The number of urea groups is 1. The Morgan fingerprint density at radius 1 is 1.00 bits per heavy atom. The van der Waals surface area contributed by atoms with Crippen molar-refractivity contribution in [1.82, 2.24) is 5.32 Å². The minimum Gasteiger partial charge on any atom is -0.455 e. The number of hydrogen-bond acceptors (Lipinski definition) is 4. The third-order valence-corrected chi connectivity index (χ3v) is 5.87. The molecule has 0 bridgehead atoms. The van der Waals surface area contributed by atoms with Crippen LogP contribution in [0, 0.1) is 5.92 Å². The first-order chi connectivity index (χ1) is 15.2. The first-order valence-electron chi connectivity index (χ1n) is 9.93. The molecule has 0 heterocycles. The van der Waals surface area contributed by atoms with Crippen LogP contribution in [0.15, 0.2) is 77.7 Å². The van der Waals surface area contributed by atoms with Crippen LogP contribution in [0.2, 0.25) is 5.02 Å². The molecule has 0 fully saturated rings. The maximum Gasteiger partial charge on any atom is 0.319 e. The molecule has 3 aromatic carbocycles. The molecule has 0 aromatic heterocycles. The van der Waals surface area contributed by atoms with Crippen LogP contribution >= 0.6 is 11.6 Å². The molecule has 0 radical (unpaired) electrons.